The summed E-state index contributed by atoms with van der Waals surface area (Å²) in [5, 5.41) is 34.3. The van der Waals surface area contributed by atoms with Gasteiger partial charge in [0.15, 0.2) is 12.1 Å². The minimum absolute atomic E-state index is 0.133. The van der Waals surface area contributed by atoms with Gasteiger partial charge in [-0.3, -0.25) is 4.79 Å². The summed E-state index contributed by atoms with van der Waals surface area (Å²) in [5.41, 5.74) is -2.03. The zero-order chi connectivity index (χ0) is 18.4. The van der Waals surface area contributed by atoms with Gasteiger partial charge in [0.1, 0.15) is 11.5 Å². The first kappa shape index (κ1) is 16.2. The molecular weight excluding hydrogens is 336 g/mol. The number of Topliss-reactive ketones (excluding diaryl/α,β-unsaturated/α-hetero) is 1. The van der Waals surface area contributed by atoms with Gasteiger partial charge < -0.3 is 24.8 Å². The monoisotopic (exact) mass is 362 g/mol. The Bertz CT molecular complexity index is 761. The minimum atomic E-state index is -1.97. The first-order valence-electron chi connectivity index (χ1n) is 9.80. The van der Waals surface area contributed by atoms with Crippen molar-refractivity contribution < 1.29 is 29.6 Å². The molecule has 3 unspecified atom stereocenters. The third kappa shape index (κ3) is 1.19. The molecule has 0 amide bonds. The van der Waals surface area contributed by atoms with Gasteiger partial charge in [0.05, 0.1) is 17.6 Å². The highest BCUT2D eigenvalue weighted by atomic mass is 16.8. The zero-order valence-corrected chi connectivity index (χ0v) is 15.1. The van der Waals surface area contributed by atoms with Gasteiger partial charge in [-0.15, -0.1) is 0 Å². The highest BCUT2D eigenvalue weighted by Crippen LogP contribution is 2.81. The smallest absolute Gasteiger partial charge is 0.211 e. The first-order chi connectivity index (χ1) is 12.1. The van der Waals surface area contributed by atoms with Crippen molar-refractivity contribution in [1.29, 1.82) is 0 Å². The predicted octanol–water partition coefficient (Wildman–Crippen LogP) is 0.740. The summed E-state index contributed by atoms with van der Waals surface area (Å²) >= 11 is 0. The molecule has 8 aliphatic rings. The molecule has 4 aliphatic heterocycles. The third-order valence-electron chi connectivity index (χ3n) is 9.14. The maximum atomic E-state index is 13.4. The molecule has 6 heteroatoms. The lowest BCUT2D eigenvalue weighted by Crippen LogP contribution is -2.91. The van der Waals surface area contributed by atoms with Crippen LogP contribution >= 0.6 is 0 Å². The molecule has 0 aromatic carbocycles. The van der Waals surface area contributed by atoms with Crippen LogP contribution in [0.5, 0.6) is 0 Å². The molecule has 0 aromatic heterocycles. The lowest BCUT2D eigenvalue weighted by molar-refractivity contribution is -0.556. The molecule has 4 saturated heterocycles. The van der Waals surface area contributed by atoms with Crippen LogP contribution in [-0.2, 0) is 14.3 Å². The Morgan fingerprint density at radius 3 is 2.65 bits per heavy atom. The van der Waals surface area contributed by atoms with Gasteiger partial charge in [-0.05, 0) is 42.6 Å². The molecule has 3 N–H and O–H groups in total. The topological polar surface area (TPSA) is 96.2 Å². The van der Waals surface area contributed by atoms with E-state index >= 15 is 0 Å². The van der Waals surface area contributed by atoms with Gasteiger partial charge in [-0.2, -0.15) is 0 Å². The van der Waals surface area contributed by atoms with E-state index in [4.69, 9.17) is 9.47 Å². The second-order valence-corrected chi connectivity index (χ2v) is 10.1. The van der Waals surface area contributed by atoms with Crippen molar-refractivity contribution in [1.82, 2.24) is 0 Å². The Balaban J connectivity index is 1.70. The van der Waals surface area contributed by atoms with Crippen LogP contribution in [0.3, 0.4) is 0 Å². The Morgan fingerprint density at radius 2 is 1.92 bits per heavy atom. The Labute approximate surface area is 152 Å². The van der Waals surface area contributed by atoms with Crippen molar-refractivity contribution in [2.45, 2.75) is 69.9 Å². The maximum Gasteiger partial charge on any atom is 0.211 e. The van der Waals surface area contributed by atoms with Gasteiger partial charge in [0.2, 0.25) is 5.79 Å². The van der Waals surface area contributed by atoms with Crippen LogP contribution in [0.15, 0.2) is 12.2 Å². The quantitative estimate of drug-likeness (QED) is 0.550. The summed E-state index contributed by atoms with van der Waals surface area (Å²) in [6.07, 6.45) is -0.473. The molecule has 0 radical (unpaired) electrons. The minimum Gasteiger partial charge on any atom is -0.392 e. The average Bonchev–Trinajstić information content (AvgIpc) is 2.71. The fraction of sp³-hybridized carbons (Fsp3) is 0.850. The van der Waals surface area contributed by atoms with Crippen LogP contribution in [0.25, 0.3) is 0 Å². The Kier molecular flexibility index (Phi) is 2.57. The van der Waals surface area contributed by atoms with E-state index in [9.17, 15) is 20.1 Å². The second kappa shape index (κ2) is 4.13. The fourth-order valence-corrected chi connectivity index (χ4v) is 8.38. The normalized spacial score (nSPS) is 64.0. The first-order valence-corrected chi connectivity index (χ1v) is 9.80. The van der Waals surface area contributed by atoms with Crippen molar-refractivity contribution in [3.05, 3.63) is 12.2 Å². The summed E-state index contributed by atoms with van der Waals surface area (Å²) in [4.78, 5) is 13.4. The van der Waals surface area contributed by atoms with Crippen molar-refractivity contribution >= 4 is 5.78 Å². The summed E-state index contributed by atoms with van der Waals surface area (Å²) in [5.74, 6) is -2.99. The fourth-order valence-electron chi connectivity index (χ4n) is 8.38. The predicted molar refractivity (Wildman–Crippen MR) is 88.4 cm³/mol. The number of carbonyl (C=O) groups is 1. The number of rotatable bonds is 0. The highest BCUT2D eigenvalue weighted by Gasteiger charge is 2.92. The molecule has 10 atom stereocenters. The Morgan fingerprint density at radius 1 is 1.19 bits per heavy atom. The van der Waals surface area contributed by atoms with Crippen molar-refractivity contribution in [2.24, 2.45) is 34.0 Å². The molecule has 6 nitrogen and oxygen atoms in total. The van der Waals surface area contributed by atoms with Gasteiger partial charge >= 0.3 is 0 Å². The zero-order valence-electron chi connectivity index (χ0n) is 15.1. The van der Waals surface area contributed by atoms with Gasteiger partial charge in [0, 0.05) is 11.8 Å². The maximum absolute atomic E-state index is 13.4. The standard InChI is InChI=1S/C20H26O6/c1-8-9-4-5-10-18-11(21)6-7-17(2,3)12(18)14(23)20(24)19(10,13(8)22)15(9)25-16(18)26-20/h9-12,14-16,21,23-24H,1,4-7H2,2-3H3/t9-,10-,11-,12+,14-,15?,16?,18-,19-,20?/m0/s1. The van der Waals surface area contributed by atoms with Crippen molar-refractivity contribution in [2.75, 3.05) is 0 Å². The highest BCUT2D eigenvalue weighted by molar-refractivity contribution is 6.05. The van der Waals surface area contributed by atoms with Crippen molar-refractivity contribution in [3.63, 3.8) is 0 Å². The lowest BCUT2D eigenvalue weighted by atomic mass is 9.34. The molecule has 0 aromatic rings. The third-order valence-corrected chi connectivity index (χ3v) is 9.14. The molecule has 2 spiro atoms. The van der Waals surface area contributed by atoms with E-state index in [0.717, 1.165) is 12.8 Å². The van der Waals surface area contributed by atoms with Crippen LogP contribution in [0.1, 0.15) is 39.5 Å². The van der Waals surface area contributed by atoms with Crippen LogP contribution < -0.4 is 0 Å². The van der Waals surface area contributed by atoms with E-state index in [1.807, 2.05) is 0 Å². The molecule has 8 fully saturated rings. The van der Waals surface area contributed by atoms with E-state index in [-0.39, 0.29) is 23.0 Å². The number of hydrogen-bond acceptors (Lipinski definition) is 6. The van der Waals surface area contributed by atoms with E-state index < -0.39 is 47.1 Å². The summed E-state index contributed by atoms with van der Waals surface area (Å²) in [6, 6.07) is 0. The number of aliphatic hydroxyl groups excluding tert-OH is 2. The molecular formula is C20H26O6. The molecule has 142 valence electrons. The Hall–Kier alpha value is -0.790. The molecule has 26 heavy (non-hydrogen) atoms. The van der Waals surface area contributed by atoms with Crippen LogP contribution in [0.2, 0.25) is 0 Å². The van der Waals surface area contributed by atoms with Gasteiger partial charge in [-0.25, -0.2) is 0 Å². The number of ether oxygens (including phenoxy) is 2. The average molecular weight is 362 g/mol. The molecule has 7 bridgehead atoms. The van der Waals surface area contributed by atoms with Crippen LogP contribution in [-0.4, -0.2) is 51.5 Å². The number of carbonyl (C=O) groups excluding carboxylic acids is 1. The summed E-state index contributed by atoms with van der Waals surface area (Å²) < 4.78 is 12.3. The van der Waals surface area contributed by atoms with E-state index in [1.165, 1.54) is 0 Å². The SMILES string of the molecule is C=C1C(=O)[C@@]23C4OC5OC2(O)[C@@H](O)[C@@H]2C(C)(C)CC[C@H](O)[C@]52[C@@H]3CC[C@@H]14. The molecule has 4 heterocycles. The van der Waals surface area contributed by atoms with Crippen molar-refractivity contribution in [3.8, 4) is 0 Å². The van der Waals surface area contributed by atoms with Crippen LogP contribution in [0.4, 0.5) is 0 Å². The number of hydrogen-bond donors (Lipinski definition) is 3. The van der Waals surface area contributed by atoms with Crippen LogP contribution in [0, 0.1) is 34.0 Å². The molecule has 8 rings (SSSR count). The molecule has 4 saturated carbocycles. The van der Waals surface area contributed by atoms with E-state index in [1.54, 1.807) is 0 Å². The second-order valence-electron chi connectivity index (χ2n) is 10.1. The summed E-state index contributed by atoms with van der Waals surface area (Å²) in [6.45, 7) is 8.14. The van der Waals surface area contributed by atoms with Gasteiger partial charge in [0.25, 0.3) is 0 Å². The van der Waals surface area contributed by atoms with E-state index in [2.05, 4.69) is 20.4 Å². The lowest BCUT2D eigenvalue weighted by Gasteiger charge is -2.79. The number of aliphatic hydroxyl groups is 3. The number of ketones is 1. The van der Waals surface area contributed by atoms with E-state index in [0.29, 0.717) is 18.4 Å². The molecule has 4 aliphatic carbocycles. The summed E-state index contributed by atoms with van der Waals surface area (Å²) in [7, 11) is 0. The largest absolute Gasteiger partial charge is 0.392 e. The van der Waals surface area contributed by atoms with Gasteiger partial charge in [-0.1, -0.05) is 20.4 Å².